The second-order valence-electron chi connectivity index (χ2n) is 4.68. The zero-order valence-corrected chi connectivity index (χ0v) is 11.4. The van der Waals surface area contributed by atoms with Gasteiger partial charge in [0, 0.05) is 11.8 Å². The minimum absolute atomic E-state index is 0.483. The Bertz CT molecular complexity index is 737. The number of alkyl halides is 2. The molecule has 0 bridgehead atoms. The highest BCUT2D eigenvalue weighted by Crippen LogP contribution is 2.27. The van der Waals surface area contributed by atoms with Crippen molar-refractivity contribution in [2.24, 2.45) is 4.99 Å². The molecule has 2 heterocycles. The third kappa shape index (κ3) is 3.19. The van der Waals surface area contributed by atoms with Gasteiger partial charge in [-0.05, 0) is 23.8 Å². The molecule has 22 heavy (non-hydrogen) atoms. The van der Waals surface area contributed by atoms with E-state index in [0.717, 1.165) is 11.8 Å². The predicted molar refractivity (Wildman–Crippen MR) is 75.7 cm³/mol. The Labute approximate surface area is 124 Å². The minimum Gasteiger partial charge on any atom is -0.432 e. The zero-order chi connectivity index (χ0) is 15.5. The Balaban J connectivity index is 1.82. The summed E-state index contributed by atoms with van der Waals surface area (Å²) >= 11 is 0. The van der Waals surface area contributed by atoms with E-state index >= 15 is 0 Å². The maximum absolute atomic E-state index is 13.4. The Morgan fingerprint density at radius 3 is 2.86 bits per heavy atom. The molecular weight excluding hydrogens is 295 g/mol. The van der Waals surface area contributed by atoms with Crippen molar-refractivity contribution < 1.29 is 17.9 Å². The Morgan fingerprint density at radius 1 is 1.27 bits per heavy atom. The van der Waals surface area contributed by atoms with Gasteiger partial charge in [-0.25, -0.2) is 4.39 Å². The van der Waals surface area contributed by atoms with Crippen LogP contribution in [0.2, 0.25) is 0 Å². The molecular formula is C15H12F3N3O. The first-order valence-corrected chi connectivity index (χ1v) is 6.59. The summed E-state index contributed by atoms with van der Waals surface area (Å²) in [5.74, 6) is -1.31. The number of rotatable bonds is 5. The highest BCUT2D eigenvalue weighted by molar-refractivity contribution is 5.96. The van der Waals surface area contributed by atoms with Crippen LogP contribution in [0.15, 0.2) is 47.7 Å². The molecule has 0 atom stereocenters. The minimum atomic E-state index is -3.07. The molecule has 0 N–H and O–H groups in total. The molecule has 1 aromatic carbocycles. The number of aromatic nitrogens is 2. The topological polar surface area (TPSA) is 39.4 Å². The Morgan fingerprint density at radius 2 is 2.14 bits per heavy atom. The van der Waals surface area contributed by atoms with Crippen LogP contribution in [0.3, 0.4) is 0 Å². The van der Waals surface area contributed by atoms with Crippen LogP contribution in [0.4, 0.5) is 13.2 Å². The summed E-state index contributed by atoms with van der Waals surface area (Å²) < 4.78 is 43.7. The van der Waals surface area contributed by atoms with Gasteiger partial charge in [0.05, 0.1) is 25.0 Å². The van der Waals surface area contributed by atoms with E-state index in [4.69, 9.17) is 0 Å². The summed E-state index contributed by atoms with van der Waals surface area (Å²) in [6.45, 7) is -1.87. The maximum Gasteiger partial charge on any atom is 0.387 e. The SMILES string of the molecule is Fc1ccc(-c2cnn(CC3=NCC=C3)c2)cc1OC(F)F. The van der Waals surface area contributed by atoms with Crippen molar-refractivity contribution in [2.45, 2.75) is 13.2 Å². The van der Waals surface area contributed by atoms with Gasteiger partial charge < -0.3 is 4.74 Å². The Hall–Kier alpha value is -2.57. The van der Waals surface area contributed by atoms with Crippen molar-refractivity contribution in [1.29, 1.82) is 0 Å². The summed E-state index contributed by atoms with van der Waals surface area (Å²) in [6, 6.07) is 3.81. The molecule has 114 valence electrons. The van der Waals surface area contributed by atoms with E-state index < -0.39 is 18.2 Å². The van der Waals surface area contributed by atoms with E-state index in [1.807, 2.05) is 12.2 Å². The van der Waals surface area contributed by atoms with Gasteiger partial charge in [-0.15, -0.1) is 0 Å². The molecule has 0 amide bonds. The van der Waals surface area contributed by atoms with Gasteiger partial charge in [-0.1, -0.05) is 12.1 Å². The van der Waals surface area contributed by atoms with Gasteiger partial charge >= 0.3 is 6.61 Å². The van der Waals surface area contributed by atoms with Crippen LogP contribution in [0.25, 0.3) is 11.1 Å². The number of ether oxygens (including phenoxy) is 1. The second kappa shape index (κ2) is 6.05. The molecule has 4 nitrogen and oxygen atoms in total. The smallest absolute Gasteiger partial charge is 0.387 e. The normalized spacial score (nSPS) is 13.7. The monoisotopic (exact) mass is 307 g/mol. The van der Waals surface area contributed by atoms with Gasteiger partial charge in [0.15, 0.2) is 11.6 Å². The van der Waals surface area contributed by atoms with E-state index in [2.05, 4.69) is 14.8 Å². The number of halogens is 3. The second-order valence-corrected chi connectivity index (χ2v) is 4.68. The zero-order valence-electron chi connectivity index (χ0n) is 11.4. The van der Waals surface area contributed by atoms with Crippen molar-refractivity contribution in [3.63, 3.8) is 0 Å². The summed E-state index contributed by atoms with van der Waals surface area (Å²) in [6.07, 6.45) is 7.20. The average Bonchev–Trinajstić information content (AvgIpc) is 3.13. The first-order valence-electron chi connectivity index (χ1n) is 6.59. The Kier molecular flexibility index (Phi) is 3.95. The number of benzene rings is 1. The van der Waals surface area contributed by atoms with Crippen molar-refractivity contribution in [3.8, 4) is 16.9 Å². The van der Waals surface area contributed by atoms with Gasteiger partial charge in [0.25, 0.3) is 0 Å². The molecule has 0 saturated carbocycles. The fourth-order valence-electron chi connectivity index (χ4n) is 2.15. The van der Waals surface area contributed by atoms with Crippen LogP contribution in [-0.4, -0.2) is 28.6 Å². The van der Waals surface area contributed by atoms with Gasteiger partial charge in [0.1, 0.15) is 0 Å². The lowest BCUT2D eigenvalue weighted by atomic mass is 10.1. The number of hydrogen-bond donors (Lipinski definition) is 0. The number of aliphatic imine (C=N–C) groups is 1. The maximum atomic E-state index is 13.4. The van der Waals surface area contributed by atoms with E-state index in [1.54, 1.807) is 17.1 Å². The molecule has 0 radical (unpaired) electrons. The molecule has 2 aromatic rings. The quantitative estimate of drug-likeness (QED) is 0.850. The average molecular weight is 307 g/mol. The third-order valence-electron chi connectivity index (χ3n) is 3.15. The summed E-state index contributed by atoms with van der Waals surface area (Å²) in [7, 11) is 0. The fourth-order valence-corrected chi connectivity index (χ4v) is 2.15. The molecule has 3 rings (SSSR count). The van der Waals surface area contributed by atoms with Crippen molar-refractivity contribution in [3.05, 3.63) is 48.6 Å². The predicted octanol–water partition coefficient (Wildman–Crippen LogP) is 3.30. The van der Waals surface area contributed by atoms with Crippen LogP contribution in [0, 0.1) is 5.82 Å². The molecule has 0 saturated heterocycles. The number of hydrogen-bond acceptors (Lipinski definition) is 3. The fraction of sp³-hybridized carbons (Fsp3) is 0.200. The molecule has 0 aliphatic carbocycles. The lowest BCUT2D eigenvalue weighted by Crippen LogP contribution is -2.06. The highest BCUT2D eigenvalue weighted by Gasteiger charge is 2.12. The van der Waals surface area contributed by atoms with Crippen LogP contribution in [0.1, 0.15) is 0 Å². The summed E-state index contributed by atoms with van der Waals surface area (Å²) in [4.78, 5) is 4.26. The molecule has 0 spiro atoms. The molecule has 0 fully saturated rings. The molecule has 0 unspecified atom stereocenters. The van der Waals surface area contributed by atoms with E-state index in [9.17, 15) is 13.2 Å². The van der Waals surface area contributed by atoms with E-state index in [0.29, 0.717) is 24.2 Å². The first kappa shape index (κ1) is 14.4. The first-order chi connectivity index (χ1) is 10.6. The molecule has 1 aromatic heterocycles. The van der Waals surface area contributed by atoms with Gasteiger partial charge in [0.2, 0.25) is 0 Å². The molecule has 7 heteroatoms. The van der Waals surface area contributed by atoms with Crippen LogP contribution < -0.4 is 4.74 Å². The van der Waals surface area contributed by atoms with E-state index in [1.165, 1.54) is 12.1 Å². The van der Waals surface area contributed by atoms with Gasteiger partial charge in [-0.3, -0.25) is 9.67 Å². The van der Waals surface area contributed by atoms with Crippen LogP contribution in [0.5, 0.6) is 5.75 Å². The van der Waals surface area contributed by atoms with Crippen molar-refractivity contribution in [1.82, 2.24) is 9.78 Å². The van der Waals surface area contributed by atoms with Crippen molar-refractivity contribution >= 4 is 5.71 Å². The van der Waals surface area contributed by atoms with Crippen LogP contribution in [-0.2, 0) is 6.54 Å². The molecule has 1 aliphatic heterocycles. The number of allylic oxidation sites excluding steroid dienone is 1. The third-order valence-corrected chi connectivity index (χ3v) is 3.15. The van der Waals surface area contributed by atoms with Crippen molar-refractivity contribution in [2.75, 3.05) is 6.54 Å². The summed E-state index contributed by atoms with van der Waals surface area (Å²) in [5.41, 5.74) is 2.14. The standard InChI is InChI=1S/C15H12F3N3O/c16-13-4-3-10(6-14(13)22-15(17)18)11-7-20-21(8-11)9-12-2-1-5-19-12/h1-4,6-8,15H,5,9H2. The van der Waals surface area contributed by atoms with E-state index in [-0.39, 0.29) is 0 Å². The van der Waals surface area contributed by atoms with Crippen LogP contribution >= 0.6 is 0 Å². The largest absolute Gasteiger partial charge is 0.432 e. The number of nitrogens with zero attached hydrogens (tertiary/aromatic N) is 3. The lowest BCUT2D eigenvalue weighted by Gasteiger charge is -2.07. The highest BCUT2D eigenvalue weighted by atomic mass is 19.3. The lowest BCUT2D eigenvalue weighted by molar-refractivity contribution is -0.0521. The molecule has 1 aliphatic rings. The van der Waals surface area contributed by atoms with Gasteiger partial charge in [-0.2, -0.15) is 13.9 Å². The summed E-state index contributed by atoms with van der Waals surface area (Å²) in [5, 5.41) is 4.19.